The highest BCUT2D eigenvalue weighted by Gasteiger charge is 2.19. The van der Waals surface area contributed by atoms with Crippen LogP contribution in [0.4, 0.5) is 10.1 Å². The number of aromatic nitrogens is 2. The fourth-order valence-corrected chi connectivity index (χ4v) is 3.32. The molecule has 1 aromatic carbocycles. The van der Waals surface area contributed by atoms with E-state index >= 15 is 0 Å². The zero-order valence-corrected chi connectivity index (χ0v) is 12.7. The number of benzene rings is 1. The second-order valence-electron chi connectivity index (χ2n) is 4.43. The third-order valence-electron chi connectivity index (χ3n) is 2.78. The number of rotatable bonds is 5. The zero-order chi connectivity index (χ0) is 15.6. The van der Waals surface area contributed by atoms with Crippen LogP contribution in [-0.4, -0.2) is 24.7 Å². The van der Waals surface area contributed by atoms with E-state index in [9.17, 15) is 12.8 Å². The van der Waals surface area contributed by atoms with E-state index in [1.54, 1.807) is 24.0 Å². The highest BCUT2D eigenvalue weighted by atomic mass is 35.5. The lowest BCUT2D eigenvalue weighted by Gasteiger charge is -2.09. The van der Waals surface area contributed by atoms with Crippen LogP contribution in [-0.2, 0) is 23.5 Å². The van der Waals surface area contributed by atoms with Gasteiger partial charge in [-0.2, -0.15) is 5.10 Å². The lowest BCUT2D eigenvalue weighted by atomic mass is 10.3. The number of nitrogens with one attached hydrogen (secondary N) is 1. The molecule has 0 atom stereocenters. The summed E-state index contributed by atoms with van der Waals surface area (Å²) in [6.07, 6.45) is 2.19. The van der Waals surface area contributed by atoms with Gasteiger partial charge in [-0.15, -0.1) is 0 Å². The van der Waals surface area contributed by atoms with Gasteiger partial charge in [0, 0.05) is 26.2 Å². The molecular weight excluding hydrogens is 319 g/mol. The number of aryl methyl sites for hydroxylation is 1. The van der Waals surface area contributed by atoms with Gasteiger partial charge < -0.3 is 5.73 Å². The first kappa shape index (κ1) is 15.7. The third kappa shape index (κ3) is 3.72. The van der Waals surface area contributed by atoms with E-state index in [0.717, 1.165) is 17.8 Å². The van der Waals surface area contributed by atoms with Crippen molar-refractivity contribution in [1.29, 1.82) is 0 Å². The van der Waals surface area contributed by atoms with Crippen LogP contribution < -0.4 is 10.5 Å². The van der Waals surface area contributed by atoms with E-state index in [4.69, 9.17) is 17.3 Å². The molecule has 1 heterocycles. The molecule has 0 unspecified atom stereocenters. The summed E-state index contributed by atoms with van der Waals surface area (Å²) in [6, 6.07) is 3.67. The predicted octanol–water partition coefficient (Wildman–Crippen LogP) is 1.32. The second kappa shape index (κ2) is 6.00. The summed E-state index contributed by atoms with van der Waals surface area (Å²) in [5.41, 5.74) is 5.85. The van der Waals surface area contributed by atoms with Crippen molar-refractivity contribution in [2.45, 2.75) is 11.3 Å². The van der Waals surface area contributed by atoms with Gasteiger partial charge in [-0.1, -0.05) is 11.6 Å². The molecule has 9 heteroatoms. The molecule has 0 fully saturated rings. The first-order valence-corrected chi connectivity index (χ1v) is 7.88. The molecule has 0 saturated carbocycles. The number of halogens is 2. The van der Waals surface area contributed by atoms with Gasteiger partial charge in [0.15, 0.2) is 0 Å². The minimum Gasteiger partial charge on any atom is -0.396 e. The van der Waals surface area contributed by atoms with Gasteiger partial charge in [0.2, 0.25) is 10.0 Å². The number of nitrogen functional groups attached to an aromatic ring is 1. The summed E-state index contributed by atoms with van der Waals surface area (Å²) >= 11 is 5.75. The molecule has 3 N–H and O–H groups in total. The van der Waals surface area contributed by atoms with Crippen LogP contribution >= 0.6 is 11.6 Å². The van der Waals surface area contributed by atoms with Crippen molar-refractivity contribution in [2.24, 2.45) is 7.05 Å². The van der Waals surface area contributed by atoms with Crippen molar-refractivity contribution in [1.82, 2.24) is 14.5 Å². The van der Waals surface area contributed by atoms with Crippen LogP contribution in [0.25, 0.3) is 0 Å². The van der Waals surface area contributed by atoms with Crippen molar-refractivity contribution in [3.63, 3.8) is 0 Å². The average Bonchev–Trinajstić information content (AvgIpc) is 2.79. The summed E-state index contributed by atoms with van der Waals surface area (Å²) in [7, 11) is -2.08. The molecule has 6 nitrogen and oxygen atoms in total. The molecule has 0 aliphatic carbocycles. The Morgan fingerprint density at radius 1 is 1.48 bits per heavy atom. The van der Waals surface area contributed by atoms with Crippen LogP contribution in [0.1, 0.15) is 5.69 Å². The topological polar surface area (TPSA) is 90.0 Å². The number of hydrogen-bond acceptors (Lipinski definition) is 4. The molecule has 0 saturated heterocycles. The summed E-state index contributed by atoms with van der Waals surface area (Å²) in [4.78, 5) is -0.246. The van der Waals surface area contributed by atoms with Crippen molar-refractivity contribution in [2.75, 3.05) is 12.3 Å². The highest BCUT2D eigenvalue weighted by Crippen LogP contribution is 2.26. The van der Waals surface area contributed by atoms with Gasteiger partial charge in [0.25, 0.3) is 0 Å². The van der Waals surface area contributed by atoms with E-state index in [1.807, 2.05) is 0 Å². The van der Waals surface area contributed by atoms with E-state index < -0.39 is 15.8 Å². The summed E-state index contributed by atoms with van der Waals surface area (Å²) in [5, 5.41) is 3.92. The van der Waals surface area contributed by atoms with Crippen LogP contribution in [0.5, 0.6) is 0 Å². The Morgan fingerprint density at radius 3 is 2.81 bits per heavy atom. The van der Waals surface area contributed by atoms with Crippen LogP contribution in [0.15, 0.2) is 29.3 Å². The number of nitrogens with zero attached hydrogens (tertiary/aromatic N) is 2. The fraction of sp³-hybridized carbons (Fsp3) is 0.250. The molecule has 0 spiro atoms. The van der Waals surface area contributed by atoms with Gasteiger partial charge in [0.1, 0.15) is 10.7 Å². The van der Waals surface area contributed by atoms with Gasteiger partial charge in [-0.3, -0.25) is 4.68 Å². The molecule has 114 valence electrons. The lowest BCUT2D eigenvalue weighted by molar-refractivity contribution is 0.580. The van der Waals surface area contributed by atoms with Gasteiger partial charge in [-0.25, -0.2) is 17.5 Å². The maximum atomic E-state index is 13.2. The number of nitrogens with two attached hydrogens (primary N) is 1. The summed E-state index contributed by atoms with van der Waals surface area (Å²) in [6.45, 7) is 0.146. The van der Waals surface area contributed by atoms with Crippen molar-refractivity contribution in [3.8, 4) is 0 Å². The number of sulfonamides is 1. The maximum Gasteiger partial charge on any atom is 0.242 e. The average molecular weight is 333 g/mol. The Bertz CT molecular complexity index is 761. The van der Waals surface area contributed by atoms with Crippen LogP contribution in [0, 0.1) is 5.82 Å². The second-order valence-corrected chi connectivity index (χ2v) is 6.58. The quantitative estimate of drug-likeness (QED) is 0.808. The first-order valence-electron chi connectivity index (χ1n) is 6.02. The fourth-order valence-electron chi connectivity index (χ4n) is 1.74. The predicted molar refractivity (Wildman–Crippen MR) is 77.9 cm³/mol. The Hall–Kier alpha value is -1.64. The molecule has 0 aliphatic heterocycles. The first-order chi connectivity index (χ1) is 9.79. The molecule has 0 bridgehead atoms. The molecular formula is C12H14ClFN4O2S. The molecule has 21 heavy (non-hydrogen) atoms. The normalized spacial score (nSPS) is 11.8. The zero-order valence-electron chi connectivity index (χ0n) is 11.2. The number of anilines is 1. The molecule has 2 rings (SSSR count). The molecule has 2 aromatic rings. The molecule has 0 amide bonds. The highest BCUT2D eigenvalue weighted by molar-refractivity contribution is 7.89. The summed E-state index contributed by atoms with van der Waals surface area (Å²) < 4.78 is 41.4. The minimum atomic E-state index is -3.86. The van der Waals surface area contributed by atoms with E-state index in [2.05, 4.69) is 9.82 Å². The molecule has 0 aliphatic rings. The van der Waals surface area contributed by atoms with Crippen LogP contribution in [0.2, 0.25) is 5.02 Å². The van der Waals surface area contributed by atoms with Crippen molar-refractivity contribution >= 4 is 27.3 Å². The van der Waals surface area contributed by atoms with Gasteiger partial charge >= 0.3 is 0 Å². The van der Waals surface area contributed by atoms with Crippen molar-refractivity contribution in [3.05, 3.63) is 40.9 Å². The minimum absolute atomic E-state index is 0.146. The monoisotopic (exact) mass is 332 g/mol. The maximum absolute atomic E-state index is 13.2. The van der Waals surface area contributed by atoms with Crippen LogP contribution in [0.3, 0.4) is 0 Å². The SMILES string of the molecule is Cn1ccc(CCNS(=O)(=O)c2cc(N)c(F)cc2Cl)n1. The van der Waals surface area contributed by atoms with Crippen molar-refractivity contribution < 1.29 is 12.8 Å². The largest absolute Gasteiger partial charge is 0.396 e. The number of hydrogen-bond donors (Lipinski definition) is 2. The summed E-state index contributed by atoms with van der Waals surface area (Å²) in [5.74, 6) is -0.757. The smallest absolute Gasteiger partial charge is 0.242 e. The standard InChI is InChI=1S/C12H14ClFN4O2S/c1-18-5-3-8(17-18)2-4-16-21(19,20)12-7-11(15)10(14)6-9(12)13/h3,5-7,16H,2,4,15H2,1H3. The Balaban J connectivity index is 2.10. The van der Waals surface area contributed by atoms with E-state index in [0.29, 0.717) is 6.42 Å². The Morgan fingerprint density at radius 2 is 2.19 bits per heavy atom. The van der Waals surface area contributed by atoms with Gasteiger partial charge in [-0.05, 0) is 18.2 Å². The lowest BCUT2D eigenvalue weighted by Crippen LogP contribution is -2.26. The van der Waals surface area contributed by atoms with Gasteiger partial charge in [0.05, 0.1) is 16.4 Å². The van der Waals surface area contributed by atoms with E-state index in [-0.39, 0.29) is 22.2 Å². The Labute approximate surface area is 126 Å². The van der Waals surface area contributed by atoms with E-state index in [1.165, 1.54) is 0 Å². The molecule has 0 radical (unpaired) electrons. The third-order valence-corrected chi connectivity index (χ3v) is 4.71. The Kier molecular flexibility index (Phi) is 4.50. The molecule has 1 aromatic heterocycles.